The van der Waals surface area contributed by atoms with E-state index < -0.39 is 5.97 Å². The molecule has 1 heterocycles. The van der Waals surface area contributed by atoms with Crippen LogP contribution in [-0.2, 0) is 4.74 Å². The van der Waals surface area contributed by atoms with Crippen molar-refractivity contribution in [3.63, 3.8) is 0 Å². The maximum atomic E-state index is 12.3. The molecule has 0 bridgehead atoms. The first-order chi connectivity index (χ1) is 12.5. The number of halogens is 1. The quantitative estimate of drug-likeness (QED) is 0.636. The number of benzene rings is 2. The van der Waals surface area contributed by atoms with E-state index in [4.69, 9.17) is 21.6 Å². The second-order valence-corrected chi connectivity index (χ2v) is 6.06. The lowest BCUT2D eigenvalue weighted by atomic mass is 10.1. The normalized spacial score (nSPS) is 10.4. The van der Waals surface area contributed by atoms with Crippen molar-refractivity contribution in [1.29, 1.82) is 5.26 Å². The van der Waals surface area contributed by atoms with Crippen molar-refractivity contribution in [3.05, 3.63) is 70.4 Å². The third kappa shape index (κ3) is 3.32. The van der Waals surface area contributed by atoms with E-state index >= 15 is 0 Å². The van der Waals surface area contributed by atoms with Crippen LogP contribution in [0.1, 0.15) is 28.5 Å². The molecule has 1 aromatic heterocycles. The van der Waals surface area contributed by atoms with Gasteiger partial charge < -0.3 is 4.74 Å². The Morgan fingerprint density at radius 2 is 1.85 bits per heavy atom. The molecular weight excluding hydrogens is 350 g/mol. The number of hydrogen-bond donors (Lipinski definition) is 0. The summed E-state index contributed by atoms with van der Waals surface area (Å²) < 4.78 is 6.81. The fourth-order valence-electron chi connectivity index (χ4n) is 2.70. The summed E-state index contributed by atoms with van der Waals surface area (Å²) in [6.45, 7) is 3.87. The van der Waals surface area contributed by atoms with E-state index in [1.54, 1.807) is 48.0 Å². The van der Waals surface area contributed by atoms with E-state index in [-0.39, 0.29) is 12.3 Å². The zero-order valence-corrected chi connectivity index (χ0v) is 15.1. The third-order valence-electron chi connectivity index (χ3n) is 3.95. The Labute approximate surface area is 156 Å². The van der Waals surface area contributed by atoms with Crippen molar-refractivity contribution in [2.45, 2.75) is 13.8 Å². The van der Waals surface area contributed by atoms with Gasteiger partial charge in [-0.25, -0.2) is 9.48 Å². The summed E-state index contributed by atoms with van der Waals surface area (Å²) in [5.74, 6) is -0.465. The van der Waals surface area contributed by atoms with Crippen LogP contribution >= 0.6 is 11.6 Å². The Morgan fingerprint density at radius 3 is 2.42 bits per heavy atom. The predicted molar refractivity (Wildman–Crippen MR) is 99.4 cm³/mol. The summed E-state index contributed by atoms with van der Waals surface area (Å²) in [7, 11) is 0. The van der Waals surface area contributed by atoms with Crippen LogP contribution in [0, 0.1) is 18.3 Å². The molecule has 0 saturated carbocycles. The zero-order chi connectivity index (χ0) is 18.7. The van der Waals surface area contributed by atoms with Crippen LogP contribution in [0.2, 0.25) is 5.02 Å². The number of carbonyl (C=O) groups is 1. The zero-order valence-electron chi connectivity index (χ0n) is 14.4. The Morgan fingerprint density at radius 1 is 1.19 bits per heavy atom. The highest BCUT2D eigenvalue weighted by Gasteiger charge is 2.22. The number of hydrogen-bond acceptors (Lipinski definition) is 4. The second kappa shape index (κ2) is 7.42. The molecule has 6 heteroatoms. The summed E-state index contributed by atoms with van der Waals surface area (Å²) in [5.41, 5.74) is 3.92. The summed E-state index contributed by atoms with van der Waals surface area (Å²) in [4.78, 5) is 12.3. The monoisotopic (exact) mass is 365 g/mol. The third-order valence-corrected chi connectivity index (χ3v) is 4.20. The van der Waals surface area contributed by atoms with E-state index in [9.17, 15) is 4.79 Å². The summed E-state index contributed by atoms with van der Waals surface area (Å²) in [6, 6.07) is 16.4. The van der Waals surface area contributed by atoms with Crippen LogP contribution in [-0.4, -0.2) is 22.4 Å². The van der Waals surface area contributed by atoms with Crippen molar-refractivity contribution in [1.82, 2.24) is 9.78 Å². The first-order valence-electron chi connectivity index (χ1n) is 8.08. The Hall–Kier alpha value is -3.10. The van der Waals surface area contributed by atoms with Crippen LogP contribution in [0.5, 0.6) is 0 Å². The Balaban J connectivity index is 2.20. The summed E-state index contributed by atoms with van der Waals surface area (Å²) in [5, 5.41) is 14.1. The van der Waals surface area contributed by atoms with Crippen molar-refractivity contribution >= 4 is 17.6 Å². The van der Waals surface area contributed by atoms with Gasteiger partial charge in [0.05, 0.1) is 29.6 Å². The molecule has 130 valence electrons. The van der Waals surface area contributed by atoms with E-state index in [0.717, 1.165) is 22.5 Å². The smallest absolute Gasteiger partial charge is 0.359 e. The lowest BCUT2D eigenvalue weighted by molar-refractivity contribution is 0.0518. The molecule has 5 nitrogen and oxygen atoms in total. The van der Waals surface area contributed by atoms with E-state index in [1.807, 2.05) is 19.1 Å². The predicted octanol–water partition coefficient (Wildman–Crippen LogP) is 4.55. The van der Waals surface area contributed by atoms with Crippen molar-refractivity contribution in [3.8, 4) is 23.0 Å². The van der Waals surface area contributed by atoms with Gasteiger partial charge in [-0.2, -0.15) is 10.4 Å². The number of rotatable bonds is 4. The van der Waals surface area contributed by atoms with Gasteiger partial charge in [0.1, 0.15) is 0 Å². The molecule has 0 spiro atoms. The van der Waals surface area contributed by atoms with Gasteiger partial charge in [-0.3, -0.25) is 0 Å². The lowest BCUT2D eigenvalue weighted by Gasteiger charge is -2.09. The number of nitrogens with zero attached hydrogens (tertiary/aromatic N) is 3. The van der Waals surface area contributed by atoms with Gasteiger partial charge >= 0.3 is 5.97 Å². The Kier molecular flexibility index (Phi) is 5.06. The number of aromatic nitrogens is 2. The van der Waals surface area contributed by atoms with Gasteiger partial charge in [0.2, 0.25) is 0 Å². The molecule has 0 N–H and O–H groups in total. The fourth-order valence-corrected chi connectivity index (χ4v) is 2.83. The average molecular weight is 366 g/mol. The standard InChI is InChI=1S/C20H16ClN3O2/c1-3-26-20(25)18-13(2)19(15-6-8-16(21)9-7-15)24(23-18)17-10-4-14(12-22)5-11-17/h4-11H,3H2,1-2H3. The minimum absolute atomic E-state index is 0.265. The van der Waals surface area contributed by atoms with Crippen LogP contribution < -0.4 is 0 Å². The first-order valence-corrected chi connectivity index (χ1v) is 8.46. The van der Waals surface area contributed by atoms with Crippen molar-refractivity contribution in [2.75, 3.05) is 6.61 Å². The molecule has 0 radical (unpaired) electrons. The van der Waals surface area contributed by atoms with Gasteiger partial charge in [0, 0.05) is 16.1 Å². The van der Waals surface area contributed by atoms with Crippen LogP contribution in [0.4, 0.5) is 0 Å². The number of carbonyl (C=O) groups excluding carboxylic acids is 1. The topological polar surface area (TPSA) is 67.9 Å². The van der Waals surface area contributed by atoms with E-state index in [2.05, 4.69) is 11.2 Å². The maximum Gasteiger partial charge on any atom is 0.359 e. The molecule has 0 saturated heterocycles. The van der Waals surface area contributed by atoms with Gasteiger partial charge in [-0.15, -0.1) is 0 Å². The number of ether oxygens (including phenoxy) is 1. The van der Waals surface area contributed by atoms with Crippen molar-refractivity contribution < 1.29 is 9.53 Å². The van der Waals surface area contributed by atoms with Crippen LogP contribution in [0.15, 0.2) is 48.5 Å². The molecule has 3 rings (SSSR count). The van der Waals surface area contributed by atoms with Crippen molar-refractivity contribution in [2.24, 2.45) is 0 Å². The van der Waals surface area contributed by atoms with Crippen LogP contribution in [0.3, 0.4) is 0 Å². The summed E-state index contributed by atoms with van der Waals surface area (Å²) >= 11 is 6.00. The molecule has 0 aliphatic carbocycles. The molecule has 0 atom stereocenters. The first kappa shape index (κ1) is 17.7. The van der Waals surface area contributed by atoms with Gasteiger partial charge in [0.15, 0.2) is 5.69 Å². The average Bonchev–Trinajstić information content (AvgIpc) is 3.00. The summed E-state index contributed by atoms with van der Waals surface area (Å²) in [6.07, 6.45) is 0. The largest absolute Gasteiger partial charge is 0.461 e. The molecule has 3 aromatic rings. The number of esters is 1. The van der Waals surface area contributed by atoms with E-state index in [1.165, 1.54) is 0 Å². The van der Waals surface area contributed by atoms with E-state index in [0.29, 0.717) is 10.6 Å². The fraction of sp³-hybridized carbons (Fsp3) is 0.150. The molecule has 0 fully saturated rings. The molecule has 0 aliphatic heterocycles. The molecule has 0 unspecified atom stereocenters. The van der Waals surface area contributed by atoms with Gasteiger partial charge in [0.25, 0.3) is 0 Å². The molecule has 26 heavy (non-hydrogen) atoms. The molecule has 2 aromatic carbocycles. The van der Waals surface area contributed by atoms with Gasteiger partial charge in [-0.1, -0.05) is 23.7 Å². The minimum Gasteiger partial charge on any atom is -0.461 e. The highest BCUT2D eigenvalue weighted by molar-refractivity contribution is 6.30. The second-order valence-electron chi connectivity index (χ2n) is 5.62. The highest BCUT2D eigenvalue weighted by atomic mass is 35.5. The maximum absolute atomic E-state index is 12.3. The Bertz CT molecular complexity index is 984. The highest BCUT2D eigenvalue weighted by Crippen LogP contribution is 2.30. The van der Waals surface area contributed by atoms with Crippen LogP contribution in [0.25, 0.3) is 16.9 Å². The molecule has 0 aliphatic rings. The lowest BCUT2D eigenvalue weighted by Crippen LogP contribution is -2.07. The van der Waals surface area contributed by atoms with Gasteiger partial charge in [-0.05, 0) is 50.2 Å². The molecule has 0 amide bonds. The minimum atomic E-state index is -0.465. The number of nitriles is 1. The molecular formula is C20H16ClN3O2. The SMILES string of the molecule is CCOC(=O)c1nn(-c2ccc(C#N)cc2)c(-c2ccc(Cl)cc2)c1C.